The molecule has 0 aromatic rings. The first-order chi connectivity index (χ1) is 9.54. The van der Waals surface area contributed by atoms with E-state index in [9.17, 15) is 9.59 Å². The maximum Gasteiger partial charge on any atom is 0.317 e. The number of amides is 2. The van der Waals surface area contributed by atoms with Gasteiger partial charge in [0.2, 0.25) is 0 Å². The minimum Gasteiger partial charge on any atom is -0.481 e. The molecule has 0 rings (SSSR count). The molecule has 2 amide bonds. The second-order valence-corrected chi connectivity index (χ2v) is 4.80. The van der Waals surface area contributed by atoms with E-state index in [1.54, 1.807) is 12.0 Å². The molecular formula is C14H28N2O4. The van der Waals surface area contributed by atoms with Gasteiger partial charge >= 0.3 is 12.0 Å². The number of aliphatic carboxylic acids is 1. The molecule has 1 atom stereocenters. The normalized spacial score (nSPS) is 11.9. The van der Waals surface area contributed by atoms with Gasteiger partial charge in [-0.3, -0.25) is 4.79 Å². The van der Waals surface area contributed by atoms with Crippen LogP contribution in [0.5, 0.6) is 0 Å². The average Bonchev–Trinajstić information content (AvgIpc) is 2.43. The van der Waals surface area contributed by atoms with E-state index in [1.807, 2.05) is 13.8 Å². The Labute approximate surface area is 121 Å². The molecule has 0 spiro atoms. The van der Waals surface area contributed by atoms with Crippen molar-refractivity contribution in [1.29, 1.82) is 0 Å². The molecule has 1 unspecified atom stereocenters. The van der Waals surface area contributed by atoms with Crippen molar-refractivity contribution >= 4 is 12.0 Å². The average molecular weight is 288 g/mol. The van der Waals surface area contributed by atoms with Crippen LogP contribution in [0.1, 0.15) is 39.5 Å². The van der Waals surface area contributed by atoms with Crippen LogP contribution in [0.15, 0.2) is 0 Å². The van der Waals surface area contributed by atoms with Gasteiger partial charge in [-0.05, 0) is 25.7 Å². The molecule has 0 aliphatic heterocycles. The smallest absolute Gasteiger partial charge is 0.317 e. The zero-order valence-corrected chi connectivity index (χ0v) is 12.9. The molecule has 0 aliphatic rings. The van der Waals surface area contributed by atoms with Gasteiger partial charge in [0.25, 0.3) is 0 Å². The van der Waals surface area contributed by atoms with Gasteiger partial charge in [0.15, 0.2) is 0 Å². The van der Waals surface area contributed by atoms with E-state index in [0.29, 0.717) is 38.6 Å². The van der Waals surface area contributed by atoms with Crippen LogP contribution in [-0.4, -0.2) is 55.4 Å². The van der Waals surface area contributed by atoms with Crippen LogP contribution < -0.4 is 5.32 Å². The molecule has 0 saturated carbocycles. The lowest BCUT2D eigenvalue weighted by atomic mass is 9.97. The topological polar surface area (TPSA) is 78.9 Å². The molecular weight excluding hydrogens is 260 g/mol. The number of carbonyl (C=O) groups is 2. The largest absolute Gasteiger partial charge is 0.481 e. The van der Waals surface area contributed by atoms with Crippen LogP contribution in [-0.2, 0) is 9.53 Å². The Morgan fingerprint density at radius 2 is 2.00 bits per heavy atom. The highest BCUT2D eigenvalue weighted by atomic mass is 16.5. The quantitative estimate of drug-likeness (QED) is 0.609. The van der Waals surface area contributed by atoms with Crippen LogP contribution in [0.25, 0.3) is 0 Å². The number of ether oxygens (including phenoxy) is 1. The van der Waals surface area contributed by atoms with Gasteiger partial charge in [-0.25, -0.2) is 4.79 Å². The first-order valence-electron chi connectivity index (χ1n) is 7.28. The van der Waals surface area contributed by atoms with Gasteiger partial charge in [-0.2, -0.15) is 0 Å². The Kier molecular flexibility index (Phi) is 10.8. The van der Waals surface area contributed by atoms with E-state index in [1.165, 1.54) is 0 Å². The lowest BCUT2D eigenvalue weighted by Gasteiger charge is -2.22. The highest BCUT2D eigenvalue weighted by molar-refractivity contribution is 5.74. The Morgan fingerprint density at radius 1 is 1.30 bits per heavy atom. The van der Waals surface area contributed by atoms with Crippen LogP contribution in [0.2, 0.25) is 0 Å². The van der Waals surface area contributed by atoms with Crippen LogP contribution in [0.3, 0.4) is 0 Å². The number of rotatable bonds is 11. The van der Waals surface area contributed by atoms with E-state index < -0.39 is 5.97 Å². The van der Waals surface area contributed by atoms with E-state index in [0.717, 1.165) is 12.8 Å². The zero-order chi connectivity index (χ0) is 15.4. The minimum absolute atomic E-state index is 0.0855. The third kappa shape index (κ3) is 8.74. The number of urea groups is 1. The van der Waals surface area contributed by atoms with Gasteiger partial charge < -0.3 is 20.1 Å². The summed E-state index contributed by atoms with van der Waals surface area (Å²) in [4.78, 5) is 24.1. The summed E-state index contributed by atoms with van der Waals surface area (Å²) in [7, 11) is 1.61. The van der Waals surface area contributed by atoms with E-state index in [-0.39, 0.29) is 12.5 Å². The summed E-state index contributed by atoms with van der Waals surface area (Å²) < 4.78 is 4.96. The number of nitrogens with zero attached hydrogens (tertiary/aromatic N) is 1. The van der Waals surface area contributed by atoms with Crippen molar-refractivity contribution in [1.82, 2.24) is 10.2 Å². The second-order valence-electron chi connectivity index (χ2n) is 4.80. The molecule has 0 aliphatic carbocycles. The van der Waals surface area contributed by atoms with Crippen molar-refractivity contribution in [3.8, 4) is 0 Å². The fraction of sp³-hybridized carbons (Fsp3) is 0.857. The Bertz CT molecular complexity index is 284. The highest BCUT2D eigenvalue weighted by Crippen LogP contribution is 2.14. The lowest BCUT2D eigenvalue weighted by molar-refractivity contribution is -0.137. The first kappa shape index (κ1) is 18.7. The lowest BCUT2D eigenvalue weighted by Crippen LogP contribution is -2.42. The summed E-state index contributed by atoms with van der Waals surface area (Å²) in [5.41, 5.74) is 0. The van der Waals surface area contributed by atoms with Gasteiger partial charge in [0.1, 0.15) is 0 Å². The van der Waals surface area contributed by atoms with Gasteiger partial charge in [0.05, 0.1) is 6.61 Å². The first-order valence-corrected chi connectivity index (χ1v) is 7.28. The highest BCUT2D eigenvalue weighted by Gasteiger charge is 2.12. The molecule has 0 saturated heterocycles. The summed E-state index contributed by atoms with van der Waals surface area (Å²) in [6.07, 6.45) is 2.62. The standard InChI is InChI=1S/C14H28N2O4/c1-4-12(6-7-13(17)18)8-9-15-14(19)16(5-2)10-11-20-3/h12H,4-11H2,1-3H3,(H,15,19)(H,17,18). The summed E-state index contributed by atoms with van der Waals surface area (Å²) in [5.74, 6) is -0.412. The zero-order valence-electron chi connectivity index (χ0n) is 12.9. The molecule has 0 aromatic heterocycles. The van der Waals surface area contributed by atoms with E-state index >= 15 is 0 Å². The molecule has 6 heteroatoms. The predicted octanol–water partition coefficient (Wildman–Crippen LogP) is 1.95. The van der Waals surface area contributed by atoms with Gasteiger partial charge in [-0.15, -0.1) is 0 Å². The molecule has 2 N–H and O–H groups in total. The fourth-order valence-electron chi connectivity index (χ4n) is 1.98. The fourth-order valence-corrected chi connectivity index (χ4v) is 1.98. The number of nitrogens with one attached hydrogen (secondary N) is 1. The monoisotopic (exact) mass is 288 g/mol. The molecule has 0 aromatic carbocycles. The van der Waals surface area contributed by atoms with Gasteiger partial charge in [0, 0.05) is 33.2 Å². The molecule has 6 nitrogen and oxygen atoms in total. The molecule has 20 heavy (non-hydrogen) atoms. The van der Waals surface area contributed by atoms with E-state index in [4.69, 9.17) is 9.84 Å². The summed E-state index contributed by atoms with van der Waals surface area (Å²) in [5, 5.41) is 11.5. The maximum absolute atomic E-state index is 11.9. The number of hydrogen-bond donors (Lipinski definition) is 2. The summed E-state index contributed by atoms with van der Waals surface area (Å²) in [6.45, 7) is 6.31. The van der Waals surface area contributed by atoms with Crippen LogP contribution in [0, 0.1) is 5.92 Å². The third-order valence-corrected chi connectivity index (χ3v) is 3.41. The minimum atomic E-state index is -0.760. The predicted molar refractivity (Wildman–Crippen MR) is 77.8 cm³/mol. The number of methoxy groups -OCH3 is 1. The molecule has 0 bridgehead atoms. The van der Waals surface area contributed by atoms with Crippen molar-refractivity contribution in [3.63, 3.8) is 0 Å². The van der Waals surface area contributed by atoms with Crippen molar-refractivity contribution in [2.45, 2.75) is 39.5 Å². The number of carboxylic acids is 1. The number of hydrogen-bond acceptors (Lipinski definition) is 3. The molecule has 0 fully saturated rings. The Morgan fingerprint density at radius 3 is 2.50 bits per heavy atom. The SMILES string of the molecule is CCC(CCNC(=O)N(CC)CCOC)CCC(=O)O. The Hall–Kier alpha value is -1.30. The van der Waals surface area contributed by atoms with Crippen molar-refractivity contribution in [3.05, 3.63) is 0 Å². The van der Waals surface area contributed by atoms with Crippen LogP contribution >= 0.6 is 0 Å². The number of carbonyl (C=O) groups excluding carboxylic acids is 1. The summed E-state index contributed by atoms with van der Waals surface area (Å²) in [6, 6.07) is -0.0855. The van der Waals surface area contributed by atoms with Crippen molar-refractivity contribution < 1.29 is 19.4 Å². The van der Waals surface area contributed by atoms with Gasteiger partial charge in [-0.1, -0.05) is 13.3 Å². The molecule has 0 radical (unpaired) electrons. The van der Waals surface area contributed by atoms with E-state index in [2.05, 4.69) is 5.32 Å². The van der Waals surface area contributed by atoms with Crippen LogP contribution in [0.4, 0.5) is 4.79 Å². The number of likely N-dealkylation sites (N-methyl/N-ethyl adjacent to an activating group) is 1. The molecule has 118 valence electrons. The molecule has 0 heterocycles. The summed E-state index contributed by atoms with van der Waals surface area (Å²) >= 11 is 0. The van der Waals surface area contributed by atoms with Crippen molar-refractivity contribution in [2.75, 3.05) is 33.4 Å². The Balaban J connectivity index is 3.94. The maximum atomic E-state index is 11.9. The third-order valence-electron chi connectivity index (χ3n) is 3.41. The number of carboxylic acid groups (broad SMARTS) is 1. The van der Waals surface area contributed by atoms with Crippen molar-refractivity contribution in [2.24, 2.45) is 5.92 Å². The second kappa shape index (κ2) is 11.5.